The van der Waals surface area contributed by atoms with Crippen molar-refractivity contribution in [2.24, 2.45) is 5.92 Å². The lowest BCUT2D eigenvalue weighted by Gasteiger charge is -2.15. The zero-order valence-electron chi connectivity index (χ0n) is 13.0. The maximum Gasteiger partial charge on any atom is 0.204 e. The van der Waals surface area contributed by atoms with Gasteiger partial charge in [-0.05, 0) is 24.5 Å². The molecule has 1 rings (SSSR count). The summed E-state index contributed by atoms with van der Waals surface area (Å²) in [6.45, 7) is 4.31. The monoisotopic (exact) mass is 280 g/mol. The van der Waals surface area contributed by atoms with Gasteiger partial charge in [-0.25, -0.2) is 0 Å². The average Bonchev–Trinajstić information content (AvgIpc) is 2.44. The minimum atomic E-state index is 0.0726. The van der Waals surface area contributed by atoms with Crippen molar-refractivity contribution in [3.8, 4) is 17.2 Å². The van der Waals surface area contributed by atoms with Gasteiger partial charge in [0.15, 0.2) is 17.3 Å². The predicted octanol–water partition coefficient (Wildman–Crippen LogP) is 3.72. The van der Waals surface area contributed by atoms with E-state index in [1.807, 2.05) is 0 Å². The van der Waals surface area contributed by atoms with Crippen LogP contribution in [0.1, 0.15) is 43.5 Å². The fourth-order valence-corrected chi connectivity index (χ4v) is 2.13. The highest BCUT2D eigenvalue weighted by Gasteiger charge is 2.20. The quantitative estimate of drug-likeness (QED) is 0.681. The van der Waals surface area contributed by atoms with Crippen molar-refractivity contribution in [2.75, 3.05) is 21.3 Å². The summed E-state index contributed by atoms with van der Waals surface area (Å²) in [7, 11) is 4.62. The summed E-state index contributed by atoms with van der Waals surface area (Å²) in [5.41, 5.74) is 0.550. The molecule has 112 valence electrons. The fourth-order valence-electron chi connectivity index (χ4n) is 2.13. The van der Waals surface area contributed by atoms with Crippen LogP contribution in [0.25, 0.3) is 0 Å². The molecule has 1 aromatic rings. The van der Waals surface area contributed by atoms with Crippen molar-refractivity contribution in [3.05, 3.63) is 17.7 Å². The third-order valence-electron chi connectivity index (χ3n) is 3.19. The first-order valence-electron chi connectivity index (χ1n) is 6.87. The number of carbonyl (C=O) groups is 1. The van der Waals surface area contributed by atoms with Crippen LogP contribution in [-0.4, -0.2) is 27.1 Å². The van der Waals surface area contributed by atoms with Crippen LogP contribution in [0, 0.1) is 5.92 Å². The molecule has 0 aliphatic carbocycles. The number of hydrogen-bond acceptors (Lipinski definition) is 4. The van der Waals surface area contributed by atoms with Crippen molar-refractivity contribution >= 4 is 5.78 Å². The van der Waals surface area contributed by atoms with Crippen LogP contribution in [0.15, 0.2) is 12.1 Å². The smallest absolute Gasteiger partial charge is 0.204 e. The Morgan fingerprint density at radius 2 is 1.70 bits per heavy atom. The molecule has 4 heteroatoms. The number of ether oxygens (including phenoxy) is 3. The molecule has 0 N–H and O–H groups in total. The van der Waals surface area contributed by atoms with Gasteiger partial charge in [0.1, 0.15) is 0 Å². The van der Waals surface area contributed by atoms with Crippen molar-refractivity contribution < 1.29 is 19.0 Å². The number of carbonyl (C=O) groups excluding carboxylic acids is 1. The summed E-state index contributed by atoms with van der Waals surface area (Å²) >= 11 is 0. The maximum absolute atomic E-state index is 12.3. The van der Waals surface area contributed by atoms with Gasteiger partial charge in [0.05, 0.1) is 26.9 Å². The van der Waals surface area contributed by atoms with E-state index in [-0.39, 0.29) is 5.78 Å². The normalized spacial score (nSPS) is 10.5. The Balaban J connectivity index is 2.97. The average molecular weight is 280 g/mol. The summed E-state index contributed by atoms with van der Waals surface area (Å²) in [6.07, 6.45) is 2.44. The number of benzene rings is 1. The van der Waals surface area contributed by atoms with Crippen LogP contribution in [-0.2, 0) is 0 Å². The van der Waals surface area contributed by atoms with Crippen molar-refractivity contribution in [3.63, 3.8) is 0 Å². The van der Waals surface area contributed by atoms with E-state index >= 15 is 0 Å². The molecule has 0 bridgehead atoms. The predicted molar refractivity (Wildman–Crippen MR) is 79.1 cm³/mol. The molecule has 0 fully saturated rings. The first-order chi connectivity index (χ1) is 9.54. The first-order valence-corrected chi connectivity index (χ1v) is 6.87. The lowest BCUT2D eigenvalue weighted by Crippen LogP contribution is -2.05. The van der Waals surface area contributed by atoms with Crippen LogP contribution >= 0.6 is 0 Å². The molecule has 0 atom stereocenters. The van der Waals surface area contributed by atoms with E-state index < -0.39 is 0 Å². The van der Waals surface area contributed by atoms with E-state index in [1.54, 1.807) is 19.2 Å². The second kappa shape index (κ2) is 7.78. The Hall–Kier alpha value is -1.71. The fraction of sp³-hybridized carbons (Fsp3) is 0.562. The van der Waals surface area contributed by atoms with Crippen LogP contribution in [0.2, 0.25) is 0 Å². The Kier molecular flexibility index (Phi) is 6.36. The highest BCUT2D eigenvalue weighted by molar-refractivity contribution is 5.99. The Bertz CT molecular complexity index is 452. The number of ketones is 1. The molecular weight excluding hydrogens is 256 g/mol. The molecule has 0 saturated carbocycles. The molecule has 0 radical (unpaired) electrons. The van der Waals surface area contributed by atoms with Gasteiger partial charge in [-0.1, -0.05) is 20.3 Å². The summed E-state index contributed by atoms with van der Waals surface area (Å²) < 4.78 is 15.8. The molecule has 0 aliphatic rings. The molecule has 0 amide bonds. The van der Waals surface area contributed by atoms with Gasteiger partial charge < -0.3 is 14.2 Å². The number of hydrogen-bond donors (Lipinski definition) is 0. The van der Waals surface area contributed by atoms with E-state index in [0.29, 0.717) is 35.2 Å². The summed E-state index contributed by atoms with van der Waals surface area (Å²) in [5.74, 6) is 2.15. The summed E-state index contributed by atoms with van der Waals surface area (Å²) in [6, 6.07) is 3.47. The van der Waals surface area contributed by atoms with E-state index in [0.717, 1.165) is 12.8 Å². The number of Topliss-reactive ketones (excluding diaryl/α,β-unsaturated/α-hetero) is 1. The topological polar surface area (TPSA) is 44.8 Å². The zero-order valence-corrected chi connectivity index (χ0v) is 13.0. The van der Waals surface area contributed by atoms with Gasteiger partial charge >= 0.3 is 0 Å². The number of methoxy groups -OCH3 is 3. The Morgan fingerprint density at radius 1 is 1.05 bits per heavy atom. The van der Waals surface area contributed by atoms with Gasteiger partial charge in [-0.3, -0.25) is 4.79 Å². The maximum atomic E-state index is 12.3. The standard InChI is InChI=1S/C16H24O4/c1-11(2)7-6-8-13(17)12-9-10-14(18-3)16(20-5)15(12)19-4/h9-11H,6-8H2,1-5H3. The van der Waals surface area contributed by atoms with E-state index in [1.165, 1.54) is 14.2 Å². The minimum absolute atomic E-state index is 0.0726. The summed E-state index contributed by atoms with van der Waals surface area (Å²) in [4.78, 5) is 12.3. The lowest BCUT2D eigenvalue weighted by atomic mass is 10.0. The van der Waals surface area contributed by atoms with Crippen molar-refractivity contribution in [1.29, 1.82) is 0 Å². The number of rotatable bonds is 8. The molecular formula is C16H24O4. The molecule has 4 nitrogen and oxygen atoms in total. The van der Waals surface area contributed by atoms with Gasteiger partial charge in [-0.2, -0.15) is 0 Å². The second-order valence-electron chi connectivity index (χ2n) is 5.09. The van der Waals surface area contributed by atoms with Crippen molar-refractivity contribution in [1.82, 2.24) is 0 Å². The molecule has 0 spiro atoms. The van der Waals surface area contributed by atoms with Crippen LogP contribution in [0.4, 0.5) is 0 Å². The minimum Gasteiger partial charge on any atom is -0.493 e. The Morgan fingerprint density at radius 3 is 2.20 bits per heavy atom. The van der Waals surface area contributed by atoms with Crippen molar-refractivity contribution in [2.45, 2.75) is 33.1 Å². The largest absolute Gasteiger partial charge is 0.493 e. The van der Waals surface area contributed by atoms with Gasteiger partial charge in [0.25, 0.3) is 0 Å². The molecule has 0 saturated heterocycles. The first kappa shape index (κ1) is 16.3. The SMILES string of the molecule is COc1ccc(C(=O)CCCC(C)C)c(OC)c1OC. The molecule has 0 aromatic heterocycles. The van der Waals surface area contributed by atoms with Gasteiger partial charge in [0, 0.05) is 6.42 Å². The lowest BCUT2D eigenvalue weighted by molar-refractivity contribution is 0.0974. The summed E-state index contributed by atoms with van der Waals surface area (Å²) in [5, 5.41) is 0. The van der Waals surface area contributed by atoms with E-state index in [9.17, 15) is 4.79 Å². The third-order valence-corrected chi connectivity index (χ3v) is 3.19. The van der Waals surface area contributed by atoms with Crippen LogP contribution in [0.5, 0.6) is 17.2 Å². The molecule has 0 aliphatic heterocycles. The highest BCUT2D eigenvalue weighted by Crippen LogP contribution is 2.40. The highest BCUT2D eigenvalue weighted by atomic mass is 16.5. The van der Waals surface area contributed by atoms with Crippen LogP contribution in [0.3, 0.4) is 0 Å². The third kappa shape index (κ3) is 3.89. The van der Waals surface area contributed by atoms with E-state index in [4.69, 9.17) is 14.2 Å². The van der Waals surface area contributed by atoms with Crippen LogP contribution < -0.4 is 14.2 Å². The molecule has 20 heavy (non-hydrogen) atoms. The molecule has 1 aromatic carbocycles. The molecule has 0 heterocycles. The molecule has 0 unspecified atom stereocenters. The van der Waals surface area contributed by atoms with Gasteiger partial charge in [0.2, 0.25) is 5.75 Å². The Labute approximate surface area is 121 Å². The second-order valence-corrected chi connectivity index (χ2v) is 5.09. The van der Waals surface area contributed by atoms with Gasteiger partial charge in [-0.15, -0.1) is 0 Å². The zero-order chi connectivity index (χ0) is 15.1. The van der Waals surface area contributed by atoms with E-state index in [2.05, 4.69) is 13.8 Å².